The minimum absolute atomic E-state index is 0.185. The standard InChI is InChI=1S/C14H18N2O3/c1-8(2)12(18-4)13-15-14(19-16-13)11-6-5-10(17)7-9(11)3/h5-8,12,17H,1-4H3. The summed E-state index contributed by atoms with van der Waals surface area (Å²) in [5.41, 5.74) is 1.70. The van der Waals surface area contributed by atoms with Gasteiger partial charge in [0.05, 0.1) is 0 Å². The lowest BCUT2D eigenvalue weighted by molar-refractivity contribution is 0.0556. The first-order chi connectivity index (χ1) is 9.02. The fraction of sp³-hybridized carbons (Fsp3) is 0.429. The maximum atomic E-state index is 9.40. The van der Waals surface area contributed by atoms with Crippen molar-refractivity contribution in [1.29, 1.82) is 0 Å². The Kier molecular flexibility index (Phi) is 3.85. The molecule has 0 bridgehead atoms. The highest BCUT2D eigenvalue weighted by Gasteiger charge is 2.22. The summed E-state index contributed by atoms with van der Waals surface area (Å²) in [4.78, 5) is 4.38. The van der Waals surface area contributed by atoms with Crippen LogP contribution in [0.1, 0.15) is 31.3 Å². The third-order valence-corrected chi connectivity index (χ3v) is 3.00. The maximum Gasteiger partial charge on any atom is 0.258 e. The predicted molar refractivity (Wildman–Crippen MR) is 70.7 cm³/mol. The van der Waals surface area contributed by atoms with E-state index in [4.69, 9.17) is 9.26 Å². The van der Waals surface area contributed by atoms with Gasteiger partial charge >= 0.3 is 0 Å². The molecule has 1 heterocycles. The molecule has 0 saturated carbocycles. The van der Waals surface area contributed by atoms with Gasteiger partial charge in [0.2, 0.25) is 5.82 Å². The molecule has 0 radical (unpaired) electrons. The largest absolute Gasteiger partial charge is 0.508 e. The van der Waals surface area contributed by atoms with Crippen LogP contribution in [0, 0.1) is 12.8 Å². The summed E-state index contributed by atoms with van der Waals surface area (Å²) >= 11 is 0. The lowest BCUT2D eigenvalue weighted by atomic mass is 10.1. The monoisotopic (exact) mass is 262 g/mol. The minimum Gasteiger partial charge on any atom is -0.508 e. The topological polar surface area (TPSA) is 68.4 Å². The first-order valence-corrected chi connectivity index (χ1v) is 6.19. The zero-order chi connectivity index (χ0) is 14.0. The average molecular weight is 262 g/mol. The van der Waals surface area contributed by atoms with Gasteiger partial charge in [0.15, 0.2) is 0 Å². The first kappa shape index (κ1) is 13.5. The van der Waals surface area contributed by atoms with E-state index in [-0.39, 0.29) is 17.8 Å². The highest BCUT2D eigenvalue weighted by Crippen LogP contribution is 2.28. The van der Waals surface area contributed by atoms with Gasteiger partial charge in [-0.2, -0.15) is 4.98 Å². The van der Waals surface area contributed by atoms with E-state index in [1.165, 1.54) is 0 Å². The first-order valence-electron chi connectivity index (χ1n) is 6.19. The van der Waals surface area contributed by atoms with Crippen LogP contribution < -0.4 is 0 Å². The summed E-state index contributed by atoms with van der Waals surface area (Å²) in [6, 6.07) is 5.02. The second kappa shape index (κ2) is 5.40. The molecule has 19 heavy (non-hydrogen) atoms. The molecule has 2 aromatic rings. The maximum absolute atomic E-state index is 9.40. The number of aromatic hydroxyl groups is 1. The molecular weight excluding hydrogens is 244 g/mol. The Balaban J connectivity index is 2.35. The van der Waals surface area contributed by atoms with Crippen molar-refractivity contribution in [3.8, 4) is 17.2 Å². The van der Waals surface area contributed by atoms with Gasteiger partial charge in [0.1, 0.15) is 11.9 Å². The van der Waals surface area contributed by atoms with Crippen molar-refractivity contribution in [3.63, 3.8) is 0 Å². The van der Waals surface area contributed by atoms with Crippen molar-refractivity contribution in [2.75, 3.05) is 7.11 Å². The third-order valence-electron chi connectivity index (χ3n) is 3.00. The molecule has 1 aromatic heterocycles. The number of phenols is 1. The highest BCUT2D eigenvalue weighted by atomic mass is 16.5. The van der Waals surface area contributed by atoms with Crippen molar-refractivity contribution in [3.05, 3.63) is 29.6 Å². The number of methoxy groups -OCH3 is 1. The Morgan fingerprint density at radius 2 is 2.05 bits per heavy atom. The van der Waals surface area contributed by atoms with E-state index in [0.717, 1.165) is 11.1 Å². The van der Waals surface area contributed by atoms with E-state index < -0.39 is 0 Å². The van der Waals surface area contributed by atoms with Crippen LogP contribution in [-0.4, -0.2) is 22.4 Å². The van der Waals surface area contributed by atoms with Crippen molar-refractivity contribution in [2.24, 2.45) is 5.92 Å². The second-order valence-electron chi connectivity index (χ2n) is 4.86. The molecule has 5 nitrogen and oxygen atoms in total. The second-order valence-corrected chi connectivity index (χ2v) is 4.86. The normalized spacial score (nSPS) is 12.9. The smallest absolute Gasteiger partial charge is 0.258 e. The number of rotatable bonds is 4. The van der Waals surface area contributed by atoms with Crippen molar-refractivity contribution >= 4 is 0 Å². The van der Waals surface area contributed by atoms with Crippen LogP contribution in [0.15, 0.2) is 22.7 Å². The van der Waals surface area contributed by atoms with Gasteiger partial charge < -0.3 is 14.4 Å². The number of phenolic OH excluding ortho intramolecular Hbond substituents is 1. The predicted octanol–water partition coefficient (Wildman–Crippen LogP) is 3.09. The van der Waals surface area contributed by atoms with Gasteiger partial charge in [-0.15, -0.1) is 0 Å². The summed E-state index contributed by atoms with van der Waals surface area (Å²) in [5, 5.41) is 13.4. The molecule has 0 amide bonds. The van der Waals surface area contributed by atoms with Crippen molar-refractivity contribution in [2.45, 2.75) is 26.9 Å². The molecule has 1 aromatic carbocycles. The minimum atomic E-state index is -0.185. The Morgan fingerprint density at radius 1 is 1.32 bits per heavy atom. The van der Waals surface area contributed by atoms with Gasteiger partial charge in [-0.1, -0.05) is 19.0 Å². The molecule has 2 rings (SSSR count). The Labute approximate surface area is 112 Å². The number of benzene rings is 1. The van der Waals surface area contributed by atoms with Gasteiger partial charge in [-0.25, -0.2) is 0 Å². The molecule has 0 saturated heterocycles. The molecule has 5 heteroatoms. The van der Waals surface area contributed by atoms with Crippen molar-refractivity contribution < 1.29 is 14.4 Å². The molecule has 1 unspecified atom stereocenters. The van der Waals surface area contributed by atoms with Crippen LogP contribution in [0.25, 0.3) is 11.5 Å². The van der Waals surface area contributed by atoms with Crippen LogP contribution in [0.4, 0.5) is 0 Å². The van der Waals surface area contributed by atoms with Crippen molar-refractivity contribution in [1.82, 2.24) is 10.1 Å². The zero-order valence-corrected chi connectivity index (χ0v) is 11.5. The third kappa shape index (κ3) is 2.76. The van der Waals surface area contributed by atoms with Crippen LogP contribution in [-0.2, 0) is 4.74 Å². The number of hydrogen-bond donors (Lipinski definition) is 1. The fourth-order valence-corrected chi connectivity index (χ4v) is 2.02. The van der Waals surface area contributed by atoms with Crippen LogP contribution in [0.5, 0.6) is 5.75 Å². The van der Waals surface area contributed by atoms with E-state index in [2.05, 4.69) is 10.1 Å². The molecule has 102 valence electrons. The molecule has 1 N–H and O–H groups in total. The fourth-order valence-electron chi connectivity index (χ4n) is 2.02. The lowest BCUT2D eigenvalue weighted by Gasteiger charge is -2.14. The van der Waals surface area contributed by atoms with E-state index in [1.54, 1.807) is 25.3 Å². The molecule has 0 spiro atoms. The SMILES string of the molecule is COC(c1noc(-c2ccc(O)cc2C)n1)C(C)C. The summed E-state index contributed by atoms with van der Waals surface area (Å²) < 4.78 is 10.7. The van der Waals surface area contributed by atoms with Gasteiger partial charge in [-0.3, -0.25) is 0 Å². The highest BCUT2D eigenvalue weighted by molar-refractivity contribution is 5.59. The van der Waals surface area contributed by atoms with Crippen LogP contribution in [0.3, 0.4) is 0 Å². The number of hydrogen-bond acceptors (Lipinski definition) is 5. The van der Waals surface area contributed by atoms with E-state index in [0.29, 0.717) is 11.7 Å². The van der Waals surface area contributed by atoms with E-state index in [9.17, 15) is 5.11 Å². The van der Waals surface area contributed by atoms with E-state index >= 15 is 0 Å². The quantitative estimate of drug-likeness (QED) is 0.917. The number of aryl methyl sites for hydroxylation is 1. The van der Waals surface area contributed by atoms with Crippen LogP contribution in [0.2, 0.25) is 0 Å². The number of ether oxygens (including phenoxy) is 1. The molecule has 1 atom stereocenters. The lowest BCUT2D eigenvalue weighted by Crippen LogP contribution is -2.10. The van der Waals surface area contributed by atoms with Gasteiger partial charge in [0, 0.05) is 12.7 Å². The van der Waals surface area contributed by atoms with Gasteiger partial charge in [-0.05, 0) is 36.6 Å². The van der Waals surface area contributed by atoms with Gasteiger partial charge in [0.25, 0.3) is 5.89 Å². The number of aromatic nitrogens is 2. The summed E-state index contributed by atoms with van der Waals surface area (Å²) in [6.07, 6.45) is -0.185. The summed E-state index contributed by atoms with van der Waals surface area (Å²) in [6.45, 7) is 5.96. The molecule has 0 aliphatic rings. The Bertz CT molecular complexity index is 564. The average Bonchev–Trinajstić information content (AvgIpc) is 2.78. The Morgan fingerprint density at radius 3 is 2.63 bits per heavy atom. The summed E-state index contributed by atoms with van der Waals surface area (Å²) in [5.74, 6) is 1.46. The number of nitrogens with zero attached hydrogens (tertiary/aromatic N) is 2. The van der Waals surface area contributed by atoms with Crippen LogP contribution >= 0.6 is 0 Å². The molecule has 0 aliphatic carbocycles. The summed E-state index contributed by atoms with van der Waals surface area (Å²) in [7, 11) is 1.63. The molecular formula is C14H18N2O3. The zero-order valence-electron chi connectivity index (χ0n) is 11.5. The Hall–Kier alpha value is -1.88. The van der Waals surface area contributed by atoms with E-state index in [1.807, 2.05) is 20.8 Å². The molecule has 0 aliphatic heterocycles. The molecule has 0 fully saturated rings.